The summed E-state index contributed by atoms with van der Waals surface area (Å²) in [7, 11) is 0. The third-order valence-corrected chi connectivity index (χ3v) is 4.14. The summed E-state index contributed by atoms with van der Waals surface area (Å²) in [5.41, 5.74) is 7.41. The van der Waals surface area contributed by atoms with Crippen LogP contribution in [0.15, 0.2) is 5.11 Å². The molecule has 2 unspecified atom stereocenters. The van der Waals surface area contributed by atoms with E-state index in [4.69, 9.17) is 5.53 Å². The molecule has 19 heavy (non-hydrogen) atoms. The maximum Gasteiger partial charge on any atom is 0.323 e. The summed E-state index contributed by atoms with van der Waals surface area (Å²) >= 11 is 0. The fraction of sp³-hybridized carbons (Fsp3) is 0.923. The van der Waals surface area contributed by atoms with Gasteiger partial charge >= 0.3 is 5.97 Å². The molecule has 0 saturated heterocycles. The highest BCUT2D eigenvalue weighted by Gasteiger charge is 2.39. The van der Waals surface area contributed by atoms with Gasteiger partial charge in [-0.3, -0.25) is 4.79 Å². The van der Waals surface area contributed by atoms with Crippen LogP contribution in [0.1, 0.15) is 51.9 Å². The molecule has 2 atom stereocenters. The fourth-order valence-corrected chi connectivity index (χ4v) is 2.81. The summed E-state index contributed by atoms with van der Waals surface area (Å²) in [6.07, 6.45) is 6.28. The molecule has 0 bridgehead atoms. The molecule has 6 heteroatoms. The smallest absolute Gasteiger partial charge is 0.323 e. The summed E-state index contributed by atoms with van der Waals surface area (Å²) in [4.78, 5) is 14.3. The van der Waals surface area contributed by atoms with Gasteiger partial charge in [-0.25, -0.2) is 0 Å². The van der Waals surface area contributed by atoms with Gasteiger partial charge in [0.25, 0.3) is 0 Å². The van der Waals surface area contributed by atoms with Crippen molar-refractivity contribution in [2.45, 2.75) is 57.4 Å². The van der Waals surface area contributed by atoms with Gasteiger partial charge in [-0.05, 0) is 43.7 Å². The number of carboxylic acids is 1. The van der Waals surface area contributed by atoms with Gasteiger partial charge in [0.05, 0.1) is 0 Å². The van der Waals surface area contributed by atoms with E-state index in [-0.39, 0.29) is 0 Å². The largest absolute Gasteiger partial charge is 0.480 e. The molecule has 1 aliphatic carbocycles. The van der Waals surface area contributed by atoms with E-state index < -0.39 is 11.5 Å². The topological polar surface area (TPSA) is 98.1 Å². The van der Waals surface area contributed by atoms with Crippen LogP contribution in [0, 0.1) is 5.92 Å². The van der Waals surface area contributed by atoms with Crippen molar-refractivity contribution in [3.05, 3.63) is 10.4 Å². The second-order valence-electron chi connectivity index (χ2n) is 5.33. The summed E-state index contributed by atoms with van der Waals surface area (Å²) in [6, 6.07) is 0. The highest BCUT2D eigenvalue weighted by Crippen LogP contribution is 2.32. The SMILES string of the molecule is CCC1CCCC(NCCCN=[N+]=[N-])(C(=O)O)CC1. The molecule has 6 nitrogen and oxygen atoms in total. The van der Waals surface area contributed by atoms with Crippen molar-refractivity contribution in [2.24, 2.45) is 11.0 Å². The number of azide groups is 1. The van der Waals surface area contributed by atoms with Crippen LogP contribution < -0.4 is 5.32 Å². The van der Waals surface area contributed by atoms with Crippen molar-refractivity contribution in [3.63, 3.8) is 0 Å². The van der Waals surface area contributed by atoms with Crippen molar-refractivity contribution in [1.82, 2.24) is 5.32 Å². The molecule has 1 aliphatic rings. The number of aliphatic carboxylic acids is 1. The Labute approximate surface area is 114 Å². The first kappa shape index (κ1) is 15.8. The van der Waals surface area contributed by atoms with Crippen molar-refractivity contribution in [3.8, 4) is 0 Å². The lowest BCUT2D eigenvalue weighted by atomic mass is 9.89. The van der Waals surface area contributed by atoms with E-state index in [1.165, 1.54) is 0 Å². The van der Waals surface area contributed by atoms with Crippen molar-refractivity contribution in [1.29, 1.82) is 0 Å². The van der Waals surface area contributed by atoms with E-state index in [0.29, 0.717) is 38.3 Å². The van der Waals surface area contributed by atoms with Gasteiger partial charge in [-0.1, -0.05) is 31.3 Å². The van der Waals surface area contributed by atoms with Crippen LogP contribution in [0.3, 0.4) is 0 Å². The van der Waals surface area contributed by atoms with Gasteiger partial charge in [0.15, 0.2) is 0 Å². The number of nitrogens with one attached hydrogen (secondary N) is 1. The van der Waals surface area contributed by atoms with E-state index >= 15 is 0 Å². The average Bonchev–Trinajstić information content (AvgIpc) is 2.62. The van der Waals surface area contributed by atoms with E-state index in [9.17, 15) is 9.90 Å². The highest BCUT2D eigenvalue weighted by molar-refractivity contribution is 5.78. The number of hydrogen-bond donors (Lipinski definition) is 2. The molecule has 1 saturated carbocycles. The summed E-state index contributed by atoms with van der Waals surface area (Å²) < 4.78 is 0. The zero-order valence-corrected chi connectivity index (χ0v) is 11.6. The Morgan fingerprint density at radius 3 is 2.95 bits per heavy atom. The number of carboxylic acid groups (broad SMARTS) is 1. The fourth-order valence-electron chi connectivity index (χ4n) is 2.81. The quantitative estimate of drug-likeness (QED) is 0.244. The van der Waals surface area contributed by atoms with E-state index in [2.05, 4.69) is 22.3 Å². The average molecular weight is 268 g/mol. The predicted molar refractivity (Wildman–Crippen MR) is 73.9 cm³/mol. The van der Waals surface area contributed by atoms with Crippen LogP contribution in [0.2, 0.25) is 0 Å². The minimum Gasteiger partial charge on any atom is -0.480 e. The maximum atomic E-state index is 11.6. The molecular weight excluding hydrogens is 244 g/mol. The first-order chi connectivity index (χ1) is 9.14. The van der Waals surface area contributed by atoms with Crippen molar-refractivity contribution in [2.75, 3.05) is 13.1 Å². The lowest BCUT2D eigenvalue weighted by Crippen LogP contribution is -2.52. The molecule has 0 amide bonds. The summed E-state index contributed by atoms with van der Waals surface area (Å²) in [5.74, 6) is -0.0840. The van der Waals surface area contributed by atoms with E-state index in [1.807, 2.05) is 0 Å². The number of rotatable bonds is 7. The second-order valence-corrected chi connectivity index (χ2v) is 5.33. The first-order valence-corrected chi connectivity index (χ1v) is 7.14. The third-order valence-electron chi connectivity index (χ3n) is 4.14. The minimum atomic E-state index is -0.778. The Morgan fingerprint density at radius 1 is 1.53 bits per heavy atom. The molecule has 0 aromatic carbocycles. The van der Waals surface area contributed by atoms with Gasteiger partial charge in [0.1, 0.15) is 5.54 Å². The number of carbonyl (C=O) groups is 1. The highest BCUT2D eigenvalue weighted by atomic mass is 16.4. The molecule has 0 radical (unpaired) electrons. The second kappa shape index (κ2) is 8.02. The monoisotopic (exact) mass is 268 g/mol. The van der Waals surface area contributed by atoms with Gasteiger partial charge in [0, 0.05) is 11.5 Å². The van der Waals surface area contributed by atoms with Crippen molar-refractivity contribution >= 4 is 5.97 Å². The predicted octanol–water partition coefficient (Wildman–Crippen LogP) is 3.09. The zero-order valence-electron chi connectivity index (χ0n) is 11.6. The Morgan fingerprint density at radius 2 is 2.32 bits per heavy atom. The lowest BCUT2D eigenvalue weighted by molar-refractivity contribution is -0.145. The molecule has 0 aromatic rings. The number of nitrogens with zero attached hydrogens (tertiary/aromatic N) is 3. The van der Waals surface area contributed by atoms with Crippen LogP contribution in [-0.2, 0) is 4.79 Å². The Balaban J connectivity index is 2.53. The van der Waals surface area contributed by atoms with Gasteiger partial charge in [0.2, 0.25) is 0 Å². The molecule has 1 fully saturated rings. The normalized spacial score (nSPS) is 27.3. The van der Waals surface area contributed by atoms with Crippen molar-refractivity contribution < 1.29 is 9.90 Å². The molecule has 0 aromatic heterocycles. The summed E-state index contributed by atoms with van der Waals surface area (Å²) in [6.45, 7) is 3.17. The van der Waals surface area contributed by atoms with Gasteiger partial charge in [-0.2, -0.15) is 0 Å². The van der Waals surface area contributed by atoms with Crippen LogP contribution in [0.4, 0.5) is 0 Å². The Hall–Kier alpha value is -1.26. The molecular formula is C13H24N4O2. The lowest BCUT2D eigenvalue weighted by Gasteiger charge is -2.29. The molecule has 1 rings (SSSR count). The van der Waals surface area contributed by atoms with Gasteiger partial charge in [-0.15, -0.1) is 0 Å². The van der Waals surface area contributed by atoms with Crippen LogP contribution in [-0.4, -0.2) is 29.7 Å². The third kappa shape index (κ3) is 4.73. The zero-order chi connectivity index (χ0) is 14.1. The molecule has 108 valence electrons. The van der Waals surface area contributed by atoms with Crippen LogP contribution >= 0.6 is 0 Å². The van der Waals surface area contributed by atoms with E-state index in [1.54, 1.807) is 0 Å². The van der Waals surface area contributed by atoms with E-state index in [0.717, 1.165) is 25.7 Å². The first-order valence-electron chi connectivity index (χ1n) is 7.14. The molecule has 0 aliphatic heterocycles. The van der Waals surface area contributed by atoms with Crippen LogP contribution in [0.25, 0.3) is 10.4 Å². The molecule has 0 heterocycles. The maximum absolute atomic E-state index is 11.6. The number of hydrogen-bond acceptors (Lipinski definition) is 3. The minimum absolute atomic E-state index is 0.413. The van der Waals surface area contributed by atoms with Gasteiger partial charge < -0.3 is 10.4 Å². The standard InChI is InChI=1S/C13H24N4O2/c1-2-11-5-3-7-13(8-6-11,12(18)19)15-9-4-10-16-17-14/h11,15H,2-10H2,1H3,(H,18,19). The Kier molecular flexibility index (Phi) is 6.67. The summed E-state index contributed by atoms with van der Waals surface area (Å²) in [5, 5.41) is 16.2. The Bertz CT molecular complexity index is 342. The molecule has 2 N–H and O–H groups in total. The molecule has 0 spiro atoms. The van der Waals surface area contributed by atoms with Crippen LogP contribution in [0.5, 0.6) is 0 Å².